The highest BCUT2D eigenvalue weighted by atomic mass is 35.5. The Bertz CT molecular complexity index is 1350. The quantitative estimate of drug-likeness (QED) is 0.264. The number of hydrogen-bond donors (Lipinski definition) is 5. The Morgan fingerprint density at radius 2 is 2.00 bits per heavy atom. The first-order chi connectivity index (χ1) is 17.7. The van der Waals surface area contributed by atoms with Crippen LogP contribution in [0.1, 0.15) is 23.2 Å². The Labute approximate surface area is 214 Å². The molecule has 0 radical (unpaired) electrons. The van der Waals surface area contributed by atoms with Crippen molar-refractivity contribution >= 4 is 40.1 Å². The van der Waals surface area contributed by atoms with E-state index in [-0.39, 0.29) is 40.7 Å². The smallest absolute Gasteiger partial charge is 0.319 e. The molecule has 1 aliphatic rings. The first kappa shape index (κ1) is 26.3. The number of fused-ring (bicyclic) bond motifs is 1. The molecule has 1 aliphatic carbocycles. The van der Waals surface area contributed by atoms with E-state index in [0.717, 1.165) is 18.9 Å². The number of ether oxygens (including phenoxy) is 2. The second-order valence-corrected chi connectivity index (χ2v) is 8.64. The molecule has 0 aliphatic heterocycles. The summed E-state index contributed by atoms with van der Waals surface area (Å²) in [4.78, 5) is 28.8. The summed E-state index contributed by atoms with van der Waals surface area (Å²) in [6, 6.07) is 4.36. The van der Waals surface area contributed by atoms with Crippen LogP contribution in [0.15, 0.2) is 30.5 Å². The maximum absolute atomic E-state index is 15.1. The first-order valence-electron chi connectivity index (χ1n) is 11.2. The number of hydrogen-bond acceptors (Lipinski definition) is 7. The minimum Gasteiger partial charge on any atom is -0.496 e. The van der Waals surface area contributed by atoms with Crippen molar-refractivity contribution in [3.63, 3.8) is 0 Å². The zero-order valence-corrected chi connectivity index (χ0v) is 20.2. The van der Waals surface area contributed by atoms with Gasteiger partial charge in [-0.1, -0.05) is 11.6 Å². The van der Waals surface area contributed by atoms with Crippen molar-refractivity contribution in [1.82, 2.24) is 15.6 Å². The largest absolute Gasteiger partial charge is 0.496 e. The lowest BCUT2D eigenvalue weighted by Gasteiger charge is -2.16. The molecule has 2 aromatic carbocycles. The number of amides is 3. The lowest BCUT2D eigenvalue weighted by Crippen LogP contribution is -2.34. The molecule has 1 saturated carbocycles. The summed E-state index contributed by atoms with van der Waals surface area (Å²) in [5, 5.41) is 25.5. The van der Waals surface area contributed by atoms with Gasteiger partial charge in [0, 0.05) is 36.3 Å². The van der Waals surface area contributed by atoms with Gasteiger partial charge in [-0.05, 0) is 25.0 Å². The Kier molecular flexibility index (Phi) is 7.91. The third kappa shape index (κ3) is 5.98. The van der Waals surface area contributed by atoms with Crippen molar-refractivity contribution in [2.75, 3.05) is 25.6 Å². The molecule has 10 nitrogen and oxygen atoms in total. The monoisotopic (exact) mass is 536 g/mol. The van der Waals surface area contributed by atoms with Crippen LogP contribution in [0.3, 0.4) is 0 Å². The van der Waals surface area contributed by atoms with Gasteiger partial charge in [0.2, 0.25) is 0 Å². The summed E-state index contributed by atoms with van der Waals surface area (Å²) in [7, 11) is 1.34. The van der Waals surface area contributed by atoms with Crippen molar-refractivity contribution in [2.45, 2.75) is 25.0 Å². The summed E-state index contributed by atoms with van der Waals surface area (Å²) >= 11 is 6.05. The fraction of sp³-hybridized carbons (Fsp3) is 0.292. The second-order valence-electron chi connectivity index (χ2n) is 8.26. The Morgan fingerprint density at radius 1 is 1.24 bits per heavy atom. The predicted molar refractivity (Wildman–Crippen MR) is 130 cm³/mol. The molecule has 0 spiro atoms. The molecular formula is C24H23ClF2N4O6. The molecule has 3 aromatic rings. The van der Waals surface area contributed by atoms with Crippen molar-refractivity contribution in [2.24, 2.45) is 0 Å². The normalized spacial score (nSPS) is 13.7. The Balaban J connectivity index is 1.66. The summed E-state index contributed by atoms with van der Waals surface area (Å²) < 4.78 is 40.8. The van der Waals surface area contributed by atoms with Crippen molar-refractivity contribution < 1.29 is 38.1 Å². The maximum atomic E-state index is 15.1. The molecular weight excluding hydrogens is 514 g/mol. The molecule has 1 heterocycles. The first-order valence-corrected chi connectivity index (χ1v) is 11.6. The third-order valence-electron chi connectivity index (χ3n) is 5.47. The molecule has 5 N–H and O–H groups in total. The number of aliphatic hydroxyl groups excluding tert-OH is 2. The van der Waals surface area contributed by atoms with Gasteiger partial charge >= 0.3 is 6.03 Å². The van der Waals surface area contributed by atoms with E-state index in [1.54, 1.807) is 0 Å². The van der Waals surface area contributed by atoms with Gasteiger partial charge < -0.3 is 35.6 Å². The number of benzene rings is 2. The van der Waals surface area contributed by atoms with E-state index in [9.17, 15) is 19.1 Å². The molecule has 1 aromatic heterocycles. The minimum atomic E-state index is -1.24. The predicted octanol–water partition coefficient (Wildman–Crippen LogP) is 3.33. The van der Waals surface area contributed by atoms with Crippen molar-refractivity contribution in [1.29, 1.82) is 0 Å². The molecule has 37 heavy (non-hydrogen) atoms. The highest BCUT2D eigenvalue weighted by Crippen LogP contribution is 2.39. The lowest BCUT2D eigenvalue weighted by molar-refractivity contribution is 0.0800. The molecule has 13 heteroatoms. The molecule has 196 valence electrons. The van der Waals surface area contributed by atoms with Crippen LogP contribution in [0, 0.1) is 11.6 Å². The molecule has 3 amide bonds. The van der Waals surface area contributed by atoms with Crippen LogP contribution in [-0.4, -0.2) is 59.5 Å². The van der Waals surface area contributed by atoms with E-state index in [1.165, 1.54) is 31.5 Å². The standard InChI is InChI=1S/C24H23ClF2N4O6/c1-36-19-8-16-13(6-14(19)23(34)29-9-12(33)10-32)18(4-5-28-16)37-22-15(26)7-17(20(25)21(22)27)31-24(35)30-11-2-3-11/h4-8,11-12,32-33H,2-3,9-10H2,1H3,(H,29,34)(H2,30,31,35)/t12-/m1/s1. The van der Waals surface area contributed by atoms with Gasteiger partial charge in [-0.3, -0.25) is 9.78 Å². The number of pyridine rings is 1. The highest BCUT2D eigenvalue weighted by molar-refractivity contribution is 6.34. The molecule has 1 atom stereocenters. The highest BCUT2D eigenvalue weighted by Gasteiger charge is 2.26. The van der Waals surface area contributed by atoms with E-state index in [1.807, 2.05) is 0 Å². The third-order valence-corrected chi connectivity index (χ3v) is 5.84. The van der Waals surface area contributed by atoms with Crippen LogP contribution < -0.4 is 25.4 Å². The number of anilines is 1. The SMILES string of the molecule is COc1cc2nccc(Oc3c(F)cc(NC(=O)NC4CC4)c(Cl)c3F)c2cc1C(=O)NC[C@@H](O)CO. The van der Waals surface area contributed by atoms with Gasteiger partial charge in [0.25, 0.3) is 5.91 Å². The second kappa shape index (κ2) is 11.1. The van der Waals surface area contributed by atoms with Crippen LogP contribution in [-0.2, 0) is 0 Å². The zero-order chi connectivity index (χ0) is 26.7. The van der Waals surface area contributed by atoms with E-state index >= 15 is 4.39 Å². The van der Waals surface area contributed by atoms with Gasteiger partial charge in [-0.25, -0.2) is 13.6 Å². The minimum absolute atomic E-state index is 0.0261. The van der Waals surface area contributed by atoms with Gasteiger partial charge in [-0.15, -0.1) is 0 Å². The number of halogens is 3. The zero-order valence-electron chi connectivity index (χ0n) is 19.5. The number of nitrogens with zero attached hydrogens (tertiary/aromatic N) is 1. The summed E-state index contributed by atoms with van der Waals surface area (Å²) in [5.74, 6) is -3.72. The number of urea groups is 1. The van der Waals surface area contributed by atoms with E-state index in [0.29, 0.717) is 5.52 Å². The van der Waals surface area contributed by atoms with Gasteiger partial charge in [0.05, 0.1) is 36.6 Å². The number of rotatable bonds is 9. The number of aromatic nitrogens is 1. The van der Waals surface area contributed by atoms with E-state index < -0.39 is 47.1 Å². The van der Waals surface area contributed by atoms with Gasteiger partial charge in [0.15, 0.2) is 17.4 Å². The fourth-order valence-electron chi connectivity index (χ4n) is 3.40. The van der Waals surface area contributed by atoms with Crippen molar-refractivity contribution in [3.05, 3.63) is 52.7 Å². The maximum Gasteiger partial charge on any atom is 0.319 e. The summed E-state index contributed by atoms with van der Waals surface area (Å²) in [6.07, 6.45) is 1.83. The van der Waals surface area contributed by atoms with Crippen LogP contribution in [0.4, 0.5) is 19.3 Å². The number of carbonyl (C=O) groups excluding carboxylic acids is 2. The van der Waals surface area contributed by atoms with Crippen LogP contribution in [0.5, 0.6) is 17.2 Å². The Hall–Kier alpha value is -3.74. The van der Waals surface area contributed by atoms with Crippen LogP contribution in [0.25, 0.3) is 10.9 Å². The van der Waals surface area contributed by atoms with Crippen LogP contribution >= 0.6 is 11.6 Å². The Morgan fingerprint density at radius 3 is 2.68 bits per heavy atom. The lowest BCUT2D eigenvalue weighted by atomic mass is 10.1. The average Bonchev–Trinajstić information content (AvgIpc) is 3.70. The van der Waals surface area contributed by atoms with Gasteiger partial charge in [-0.2, -0.15) is 0 Å². The number of methoxy groups -OCH3 is 1. The van der Waals surface area contributed by atoms with Gasteiger partial charge in [0.1, 0.15) is 16.5 Å². The van der Waals surface area contributed by atoms with E-state index in [4.69, 9.17) is 26.2 Å². The van der Waals surface area contributed by atoms with E-state index in [2.05, 4.69) is 20.9 Å². The summed E-state index contributed by atoms with van der Waals surface area (Å²) in [5.41, 5.74) is 0.0527. The number of carbonyl (C=O) groups is 2. The number of aliphatic hydroxyl groups is 2. The number of nitrogens with one attached hydrogen (secondary N) is 3. The van der Waals surface area contributed by atoms with Crippen LogP contribution in [0.2, 0.25) is 5.02 Å². The molecule has 0 saturated heterocycles. The molecule has 4 rings (SSSR count). The molecule has 1 fully saturated rings. The fourth-order valence-corrected chi connectivity index (χ4v) is 3.59. The van der Waals surface area contributed by atoms with Crippen molar-refractivity contribution in [3.8, 4) is 17.2 Å². The topological polar surface area (TPSA) is 142 Å². The molecule has 0 unspecified atom stereocenters. The average molecular weight is 537 g/mol. The summed E-state index contributed by atoms with van der Waals surface area (Å²) in [6.45, 7) is -0.767. The molecule has 0 bridgehead atoms.